The molecule has 6 nitrogen and oxygen atoms in total. The first-order valence-corrected chi connectivity index (χ1v) is 13.0. The van der Waals surface area contributed by atoms with Crippen molar-refractivity contribution in [3.05, 3.63) is 154 Å². The van der Waals surface area contributed by atoms with E-state index in [1.807, 2.05) is 91.0 Å². The zero-order chi connectivity index (χ0) is 28.3. The Morgan fingerprint density at radius 1 is 0.756 bits per heavy atom. The predicted molar refractivity (Wildman–Crippen MR) is 160 cm³/mol. The average Bonchev–Trinajstić information content (AvgIpc) is 3.39. The summed E-state index contributed by atoms with van der Waals surface area (Å²) in [4.78, 5) is 24.8. The summed E-state index contributed by atoms with van der Waals surface area (Å²) in [6.45, 7) is 0. The number of nitro groups is 1. The van der Waals surface area contributed by atoms with E-state index >= 15 is 0 Å². The Morgan fingerprint density at radius 3 is 1.95 bits per heavy atom. The van der Waals surface area contributed by atoms with E-state index in [0.717, 1.165) is 16.7 Å². The van der Waals surface area contributed by atoms with Gasteiger partial charge in [0.2, 0.25) is 0 Å². The molecule has 5 aromatic carbocycles. The molecule has 0 saturated heterocycles. The maximum Gasteiger partial charge on any atom is 0.269 e. The SMILES string of the molecule is O=C(/C(=C/c1ccc([N+](=O)[O-])cc1)c1ccccc1)c1cc2c(-c3ccccc3)c(-c3ccccc3)oc2cc1O. The summed E-state index contributed by atoms with van der Waals surface area (Å²) in [5.41, 5.74) is 4.74. The smallest absolute Gasteiger partial charge is 0.269 e. The lowest BCUT2D eigenvalue weighted by Gasteiger charge is -2.10. The van der Waals surface area contributed by atoms with E-state index in [1.54, 1.807) is 24.3 Å². The van der Waals surface area contributed by atoms with Crippen molar-refractivity contribution in [2.24, 2.45) is 0 Å². The monoisotopic (exact) mass is 537 g/mol. The van der Waals surface area contributed by atoms with Gasteiger partial charge in [-0.05, 0) is 41.0 Å². The number of ketones is 1. The molecule has 1 heterocycles. The molecule has 0 unspecified atom stereocenters. The molecule has 0 aliphatic rings. The number of nitrogens with zero attached hydrogens (tertiary/aromatic N) is 1. The number of allylic oxidation sites excluding steroid dienone is 1. The van der Waals surface area contributed by atoms with E-state index in [9.17, 15) is 20.0 Å². The van der Waals surface area contributed by atoms with Crippen molar-refractivity contribution in [1.29, 1.82) is 0 Å². The Bertz CT molecular complexity index is 1910. The van der Waals surface area contributed by atoms with Gasteiger partial charge in [0.15, 0.2) is 5.78 Å². The maximum absolute atomic E-state index is 14.1. The predicted octanol–water partition coefficient (Wildman–Crippen LogP) is 8.80. The Labute approximate surface area is 235 Å². The molecular weight excluding hydrogens is 514 g/mol. The molecule has 41 heavy (non-hydrogen) atoms. The number of fused-ring (bicyclic) bond motifs is 1. The van der Waals surface area contributed by atoms with Gasteiger partial charge in [0.05, 0.1) is 10.5 Å². The molecule has 6 rings (SSSR count). The van der Waals surface area contributed by atoms with E-state index in [4.69, 9.17) is 4.42 Å². The molecule has 0 saturated carbocycles. The molecule has 198 valence electrons. The van der Waals surface area contributed by atoms with Crippen molar-refractivity contribution in [3.63, 3.8) is 0 Å². The molecule has 1 N–H and O–H groups in total. The summed E-state index contributed by atoms with van der Waals surface area (Å²) in [6, 6.07) is 37.7. The van der Waals surface area contributed by atoms with Gasteiger partial charge in [-0.25, -0.2) is 0 Å². The molecule has 0 bridgehead atoms. The van der Waals surface area contributed by atoms with Crippen LogP contribution in [0.2, 0.25) is 0 Å². The molecular formula is C35H23NO5. The minimum absolute atomic E-state index is 0.0412. The quantitative estimate of drug-likeness (QED) is 0.0722. The Kier molecular flexibility index (Phi) is 6.71. The molecule has 0 radical (unpaired) electrons. The molecule has 0 spiro atoms. The number of benzene rings is 5. The van der Waals surface area contributed by atoms with E-state index in [1.165, 1.54) is 18.2 Å². The van der Waals surface area contributed by atoms with Crippen LogP contribution in [0.1, 0.15) is 21.5 Å². The number of Topliss-reactive ketones (excluding diaryl/α,β-unsaturated/α-hetero) is 1. The van der Waals surface area contributed by atoms with Crippen molar-refractivity contribution in [1.82, 2.24) is 0 Å². The Balaban J connectivity index is 1.54. The number of carbonyl (C=O) groups is 1. The summed E-state index contributed by atoms with van der Waals surface area (Å²) in [6.07, 6.45) is 1.67. The summed E-state index contributed by atoms with van der Waals surface area (Å²) >= 11 is 0. The second-order valence-electron chi connectivity index (χ2n) is 9.51. The van der Waals surface area contributed by atoms with E-state index < -0.39 is 10.7 Å². The van der Waals surface area contributed by atoms with Crippen molar-refractivity contribution < 1.29 is 19.2 Å². The lowest BCUT2D eigenvalue weighted by atomic mass is 9.92. The van der Waals surface area contributed by atoms with Crippen LogP contribution in [0.15, 0.2) is 132 Å². The van der Waals surface area contributed by atoms with Crippen LogP contribution in [0, 0.1) is 10.1 Å². The number of phenolic OH excluding ortho intramolecular Hbond substituents is 1. The first-order valence-electron chi connectivity index (χ1n) is 13.0. The molecule has 6 heteroatoms. The van der Waals surface area contributed by atoms with E-state index in [-0.39, 0.29) is 17.0 Å². The molecule has 6 aromatic rings. The first-order chi connectivity index (χ1) is 20.0. The molecule has 0 amide bonds. The van der Waals surface area contributed by atoms with Gasteiger partial charge < -0.3 is 9.52 Å². The lowest BCUT2D eigenvalue weighted by Crippen LogP contribution is -2.03. The van der Waals surface area contributed by atoms with Crippen molar-refractivity contribution in [2.45, 2.75) is 0 Å². The normalized spacial score (nSPS) is 11.5. The van der Waals surface area contributed by atoms with Gasteiger partial charge in [0.25, 0.3) is 5.69 Å². The highest BCUT2D eigenvalue weighted by atomic mass is 16.6. The number of hydrogen-bond donors (Lipinski definition) is 1. The fourth-order valence-corrected chi connectivity index (χ4v) is 4.90. The minimum Gasteiger partial charge on any atom is -0.507 e. The van der Waals surface area contributed by atoms with Gasteiger partial charge in [-0.15, -0.1) is 0 Å². The zero-order valence-electron chi connectivity index (χ0n) is 21.7. The zero-order valence-corrected chi connectivity index (χ0v) is 21.7. The fraction of sp³-hybridized carbons (Fsp3) is 0. The van der Waals surface area contributed by atoms with Crippen LogP contribution in [0.4, 0.5) is 5.69 Å². The lowest BCUT2D eigenvalue weighted by molar-refractivity contribution is -0.384. The van der Waals surface area contributed by atoms with Crippen LogP contribution in [-0.4, -0.2) is 15.8 Å². The van der Waals surface area contributed by atoms with Crippen molar-refractivity contribution in [2.75, 3.05) is 0 Å². The number of nitro benzene ring substituents is 1. The third-order valence-corrected chi connectivity index (χ3v) is 6.89. The molecule has 0 fully saturated rings. The van der Waals surface area contributed by atoms with Crippen LogP contribution in [0.25, 0.3) is 45.1 Å². The van der Waals surface area contributed by atoms with Gasteiger partial charge in [-0.1, -0.05) is 91.0 Å². The first kappa shape index (κ1) is 25.5. The van der Waals surface area contributed by atoms with Crippen LogP contribution in [-0.2, 0) is 0 Å². The maximum atomic E-state index is 14.1. The number of aromatic hydroxyl groups is 1. The topological polar surface area (TPSA) is 93.6 Å². The van der Waals surface area contributed by atoms with Crippen LogP contribution in [0.5, 0.6) is 5.75 Å². The summed E-state index contributed by atoms with van der Waals surface area (Å²) in [7, 11) is 0. The van der Waals surface area contributed by atoms with Crippen LogP contribution < -0.4 is 0 Å². The second-order valence-corrected chi connectivity index (χ2v) is 9.51. The number of hydrogen-bond acceptors (Lipinski definition) is 5. The van der Waals surface area contributed by atoms with Gasteiger partial charge in [0, 0.05) is 40.3 Å². The molecule has 1 aromatic heterocycles. The molecule has 0 aliphatic heterocycles. The van der Waals surface area contributed by atoms with Crippen molar-refractivity contribution >= 4 is 34.1 Å². The summed E-state index contributed by atoms with van der Waals surface area (Å²) in [5.74, 6) is 0.0388. The van der Waals surface area contributed by atoms with E-state index in [0.29, 0.717) is 33.4 Å². The highest BCUT2D eigenvalue weighted by Crippen LogP contribution is 2.43. The molecule has 0 aliphatic carbocycles. The third kappa shape index (κ3) is 5.02. The number of phenols is 1. The molecule has 0 atom stereocenters. The Morgan fingerprint density at radius 2 is 1.34 bits per heavy atom. The van der Waals surface area contributed by atoms with Gasteiger partial charge >= 0.3 is 0 Å². The van der Waals surface area contributed by atoms with E-state index in [2.05, 4.69) is 0 Å². The van der Waals surface area contributed by atoms with Gasteiger partial charge in [-0.3, -0.25) is 14.9 Å². The largest absolute Gasteiger partial charge is 0.507 e. The van der Waals surface area contributed by atoms with Crippen molar-refractivity contribution in [3.8, 4) is 28.2 Å². The highest BCUT2D eigenvalue weighted by Gasteiger charge is 2.24. The second kappa shape index (κ2) is 10.8. The van der Waals surface area contributed by atoms with Gasteiger partial charge in [-0.2, -0.15) is 0 Å². The number of furan rings is 1. The number of rotatable bonds is 7. The minimum atomic E-state index is -0.469. The summed E-state index contributed by atoms with van der Waals surface area (Å²) < 4.78 is 6.29. The average molecular weight is 538 g/mol. The third-order valence-electron chi connectivity index (χ3n) is 6.89. The van der Waals surface area contributed by atoms with Crippen LogP contribution in [0.3, 0.4) is 0 Å². The summed E-state index contributed by atoms with van der Waals surface area (Å²) in [5, 5.41) is 22.9. The number of non-ortho nitro benzene ring substituents is 1. The standard InChI is InChI=1S/C35H23NO5/c37-31-22-32-30(33(25-12-6-2-7-13-25)35(41-32)26-14-8-3-9-15-26)21-29(31)34(38)28(24-10-4-1-5-11-24)20-23-16-18-27(19-17-23)36(39)40/h1-22,37H/b28-20+. The van der Waals surface area contributed by atoms with Gasteiger partial charge in [0.1, 0.15) is 17.1 Å². The highest BCUT2D eigenvalue weighted by molar-refractivity contribution is 6.33. The Hall–Kier alpha value is -5.75. The van der Waals surface area contributed by atoms with Crippen LogP contribution >= 0.6 is 0 Å². The fourth-order valence-electron chi connectivity index (χ4n) is 4.90. The number of carbonyl (C=O) groups excluding carboxylic acids is 1.